The summed E-state index contributed by atoms with van der Waals surface area (Å²) < 4.78 is 1.06. The molecule has 0 fully saturated rings. The van der Waals surface area contributed by atoms with Gasteiger partial charge in [0.05, 0.1) is 0 Å². The molecule has 0 unspecified atom stereocenters. The Hall–Kier alpha value is -1.66. The molecule has 0 aliphatic carbocycles. The zero-order chi connectivity index (χ0) is 14.4. The van der Waals surface area contributed by atoms with E-state index in [-0.39, 0.29) is 0 Å². The average Bonchev–Trinajstić information content (AvgIpc) is 2.43. The zero-order valence-electron chi connectivity index (χ0n) is 11.4. The molecule has 106 valence electrons. The fraction of sp³-hybridized carbons (Fsp3) is 0.286. The van der Waals surface area contributed by atoms with Crippen molar-refractivity contribution in [2.75, 3.05) is 23.7 Å². The summed E-state index contributed by atoms with van der Waals surface area (Å²) in [4.78, 5) is 8.41. The Balaban J connectivity index is 2.07. The van der Waals surface area contributed by atoms with Gasteiger partial charge in [0.2, 0.25) is 0 Å². The Morgan fingerprint density at radius 2 is 2.00 bits per heavy atom. The number of hydrogen-bond donors (Lipinski definition) is 3. The van der Waals surface area contributed by atoms with Crippen molar-refractivity contribution in [1.29, 1.82) is 0 Å². The molecule has 1 aromatic carbocycles. The number of nitrogens with zero attached hydrogens (tertiary/aromatic N) is 2. The first-order valence-electron chi connectivity index (χ1n) is 6.48. The summed E-state index contributed by atoms with van der Waals surface area (Å²) in [5.74, 6) is 1.56. The molecular weight excluding hydrogens is 318 g/mol. The summed E-state index contributed by atoms with van der Waals surface area (Å²) in [5, 5.41) is 6.51. The molecule has 0 aliphatic heterocycles. The maximum Gasteiger partial charge on any atom is 0.135 e. The second kappa shape index (κ2) is 7.21. The van der Waals surface area contributed by atoms with Crippen LogP contribution in [0.1, 0.15) is 12.0 Å². The van der Waals surface area contributed by atoms with Crippen molar-refractivity contribution in [3.8, 4) is 0 Å². The Kier molecular flexibility index (Phi) is 5.31. The second-order valence-electron chi connectivity index (χ2n) is 4.44. The minimum absolute atomic E-state index is 0.668. The predicted octanol–water partition coefficient (Wildman–Crippen LogP) is 3.05. The summed E-state index contributed by atoms with van der Waals surface area (Å²) >= 11 is 3.45. The number of anilines is 3. The lowest BCUT2D eigenvalue weighted by Gasteiger charge is -2.10. The van der Waals surface area contributed by atoms with Crippen molar-refractivity contribution in [3.05, 3.63) is 40.6 Å². The third kappa shape index (κ3) is 4.18. The number of nitrogens with two attached hydrogens (primary N) is 1. The second-order valence-corrected chi connectivity index (χ2v) is 5.36. The molecule has 0 bridgehead atoms. The molecule has 0 aliphatic rings. The van der Waals surface area contributed by atoms with E-state index < -0.39 is 0 Å². The SMILES string of the molecule is Cc1cc(Br)ccc1Nc1cc(NCCCN)ncn1. The molecule has 1 aromatic heterocycles. The van der Waals surface area contributed by atoms with Gasteiger partial charge in [-0.25, -0.2) is 9.97 Å². The molecule has 0 spiro atoms. The first-order chi connectivity index (χ1) is 9.69. The Morgan fingerprint density at radius 1 is 1.20 bits per heavy atom. The first kappa shape index (κ1) is 14.7. The van der Waals surface area contributed by atoms with Crippen LogP contribution in [-0.2, 0) is 0 Å². The molecule has 0 saturated carbocycles. The molecule has 20 heavy (non-hydrogen) atoms. The number of halogens is 1. The monoisotopic (exact) mass is 335 g/mol. The van der Waals surface area contributed by atoms with E-state index in [1.54, 1.807) is 6.33 Å². The molecule has 0 radical (unpaired) electrons. The normalized spacial score (nSPS) is 10.3. The maximum atomic E-state index is 5.46. The topological polar surface area (TPSA) is 75.9 Å². The van der Waals surface area contributed by atoms with Gasteiger partial charge in [0.1, 0.15) is 18.0 Å². The van der Waals surface area contributed by atoms with E-state index in [0.717, 1.165) is 40.3 Å². The summed E-state index contributed by atoms with van der Waals surface area (Å²) in [6, 6.07) is 7.96. The van der Waals surface area contributed by atoms with Gasteiger partial charge in [0, 0.05) is 22.8 Å². The number of nitrogens with one attached hydrogen (secondary N) is 2. The van der Waals surface area contributed by atoms with Crippen molar-refractivity contribution < 1.29 is 0 Å². The highest BCUT2D eigenvalue weighted by Gasteiger charge is 2.02. The highest BCUT2D eigenvalue weighted by molar-refractivity contribution is 9.10. The van der Waals surface area contributed by atoms with E-state index >= 15 is 0 Å². The quantitative estimate of drug-likeness (QED) is 0.707. The number of rotatable bonds is 6. The molecule has 6 heteroatoms. The number of aryl methyl sites for hydroxylation is 1. The summed E-state index contributed by atoms with van der Waals surface area (Å²) in [5.41, 5.74) is 7.64. The Morgan fingerprint density at radius 3 is 2.75 bits per heavy atom. The van der Waals surface area contributed by atoms with Crippen LogP contribution in [0.4, 0.5) is 17.3 Å². The van der Waals surface area contributed by atoms with Crippen molar-refractivity contribution in [2.45, 2.75) is 13.3 Å². The Labute approximate surface area is 127 Å². The van der Waals surface area contributed by atoms with Crippen molar-refractivity contribution in [3.63, 3.8) is 0 Å². The van der Waals surface area contributed by atoms with Gasteiger partial charge in [0.15, 0.2) is 0 Å². The van der Waals surface area contributed by atoms with Gasteiger partial charge in [-0.2, -0.15) is 0 Å². The lowest BCUT2D eigenvalue weighted by atomic mass is 10.2. The van der Waals surface area contributed by atoms with E-state index in [1.807, 2.05) is 18.2 Å². The molecule has 5 nitrogen and oxygen atoms in total. The number of benzene rings is 1. The van der Waals surface area contributed by atoms with Crippen molar-refractivity contribution >= 4 is 33.3 Å². The molecule has 1 heterocycles. The summed E-state index contributed by atoms with van der Waals surface area (Å²) in [7, 11) is 0. The van der Waals surface area contributed by atoms with Crippen LogP contribution in [0.3, 0.4) is 0 Å². The molecule has 0 atom stereocenters. The highest BCUT2D eigenvalue weighted by Crippen LogP contribution is 2.23. The van der Waals surface area contributed by atoms with Gasteiger partial charge >= 0.3 is 0 Å². The fourth-order valence-electron chi connectivity index (χ4n) is 1.75. The lowest BCUT2D eigenvalue weighted by molar-refractivity contribution is 0.869. The van der Waals surface area contributed by atoms with E-state index in [1.165, 1.54) is 0 Å². The van der Waals surface area contributed by atoms with Crippen LogP contribution in [0.5, 0.6) is 0 Å². The van der Waals surface area contributed by atoms with Crippen LogP contribution in [0, 0.1) is 6.92 Å². The first-order valence-corrected chi connectivity index (χ1v) is 7.27. The van der Waals surface area contributed by atoms with Crippen molar-refractivity contribution in [1.82, 2.24) is 9.97 Å². The van der Waals surface area contributed by atoms with E-state index in [9.17, 15) is 0 Å². The van der Waals surface area contributed by atoms with Crippen LogP contribution < -0.4 is 16.4 Å². The van der Waals surface area contributed by atoms with Crippen molar-refractivity contribution in [2.24, 2.45) is 5.73 Å². The standard InChI is InChI=1S/C14H18BrN5/c1-10-7-11(15)3-4-12(10)20-14-8-13(18-9-19-14)17-6-2-5-16/h3-4,7-9H,2,5-6,16H2,1H3,(H2,17,18,19,20). The van der Waals surface area contributed by atoms with Gasteiger partial charge < -0.3 is 16.4 Å². The van der Waals surface area contributed by atoms with Crippen LogP contribution >= 0.6 is 15.9 Å². The average molecular weight is 336 g/mol. The molecule has 0 amide bonds. The molecule has 0 saturated heterocycles. The van der Waals surface area contributed by atoms with E-state index in [2.05, 4.69) is 49.5 Å². The number of hydrogen-bond acceptors (Lipinski definition) is 5. The minimum atomic E-state index is 0.668. The largest absolute Gasteiger partial charge is 0.370 e. The smallest absolute Gasteiger partial charge is 0.135 e. The third-order valence-corrected chi connectivity index (χ3v) is 3.30. The summed E-state index contributed by atoms with van der Waals surface area (Å²) in [6.07, 6.45) is 2.46. The molecular formula is C14H18BrN5. The molecule has 4 N–H and O–H groups in total. The van der Waals surface area contributed by atoms with Crippen LogP contribution in [0.15, 0.2) is 35.1 Å². The van der Waals surface area contributed by atoms with Gasteiger partial charge in [-0.05, 0) is 43.7 Å². The highest BCUT2D eigenvalue weighted by atomic mass is 79.9. The maximum absolute atomic E-state index is 5.46. The van der Waals surface area contributed by atoms with Gasteiger partial charge in [-0.15, -0.1) is 0 Å². The number of aromatic nitrogens is 2. The van der Waals surface area contributed by atoms with Crippen LogP contribution in [-0.4, -0.2) is 23.1 Å². The molecule has 2 aromatic rings. The van der Waals surface area contributed by atoms with Gasteiger partial charge in [-0.3, -0.25) is 0 Å². The van der Waals surface area contributed by atoms with Gasteiger partial charge in [-0.1, -0.05) is 15.9 Å². The van der Waals surface area contributed by atoms with E-state index in [0.29, 0.717) is 6.54 Å². The van der Waals surface area contributed by atoms with Gasteiger partial charge in [0.25, 0.3) is 0 Å². The third-order valence-electron chi connectivity index (χ3n) is 2.81. The summed E-state index contributed by atoms with van der Waals surface area (Å²) in [6.45, 7) is 3.53. The van der Waals surface area contributed by atoms with Crippen LogP contribution in [0.25, 0.3) is 0 Å². The fourth-order valence-corrected chi connectivity index (χ4v) is 2.22. The lowest BCUT2D eigenvalue weighted by Crippen LogP contribution is -2.09. The minimum Gasteiger partial charge on any atom is -0.370 e. The predicted molar refractivity (Wildman–Crippen MR) is 86.4 cm³/mol. The molecule has 2 rings (SSSR count). The zero-order valence-corrected chi connectivity index (χ0v) is 12.9. The Bertz CT molecular complexity index is 573. The van der Waals surface area contributed by atoms with Crippen LogP contribution in [0.2, 0.25) is 0 Å². The van der Waals surface area contributed by atoms with E-state index in [4.69, 9.17) is 5.73 Å².